The van der Waals surface area contributed by atoms with Crippen molar-refractivity contribution in [1.29, 1.82) is 0 Å². The van der Waals surface area contributed by atoms with Gasteiger partial charge in [0.05, 0.1) is 0 Å². The third kappa shape index (κ3) is 2.18. The monoisotopic (exact) mass is 257 g/mol. The van der Waals surface area contributed by atoms with Crippen molar-refractivity contribution < 1.29 is 17.6 Å². The second-order valence-corrected chi connectivity index (χ2v) is 2.81. The molecule has 0 radical (unpaired) electrons. The SMILES string of the molecule is Fc1nc(C(F)F)cc(CBr)c1F. The largest absolute Gasteiger partial charge is 0.280 e. The van der Waals surface area contributed by atoms with E-state index in [9.17, 15) is 17.6 Å². The van der Waals surface area contributed by atoms with E-state index in [0.717, 1.165) is 6.07 Å². The number of alkyl halides is 3. The molecule has 1 heterocycles. The van der Waals surface area contributed by atoms with Crippen molar-refractivity contribution in [2.75, 3.05) is 0 Å². The molecular formula is C7H4BrF4N. The summed E-state index contributed by atoms with van der Waals surface area (Å²) in [6.07, 6.45) is -2.90. The second kappa shape index (κ2) is 4.04. The predicted octanol–water partition coefficient (Wildman–Crippen LogP) is 3.19. The summed E-state index contributed by atoms with van der Waals surface area (Å²) < 4.78 is 49.3. The van der Waals surface area contributed by atoms with E-state index in [1.165, 1.54) is 0 Å². The molecule has 0 saturated carbocycles. The van der Waals surface area contributed by atoms with Crippen LogP contribution in [-0.4, -0.2) is 4.98 Å². The third-order valence-corrected chi connectivity index (χ3v) is 1.98. The van der Waals surface area contributed by atoms with Crippen LogP contribution in [-0.2, 0) is 5.33 Å². The zero-order chi connectivity index (χ0) is 10.0. The van der Waals surface area contributed by atoms with Crippen LogP contribution in [0.2, 0.25) is 0 Å². The van der Waals surface area contributed by atoms with Gasteiger partial charge in [-0.25, -0.2) is 18.2 Å². The Kier molecular flexibility index (Phi) is 3.24. The molecule has 0 spiro atoms. The summed E-state index contributed by atoms with van der Waals surface area (Å²) in [7, 11) is 0. The lowest BCUT2D eigenvalue weighted by molar-refractivity contribution is 0.144. The Balaban J connectivity index is 3.22. The van der Waals surface area contributed by atoms with Gasteiger partial charge < -0.3 is 0 Å². The van der Waals surface area contributed by atoms with E-state index < -0.39 is 23.9 Å². The average molecular weight is 258 g/mol. The maximum atomic E-state index is 12.7. The number of halogens is 5. The van der Waals surface area contributed by atoms with Crippen molar-refractivity contribution in [2.24, 2.45) is 0 Å². The van der Waals surface area contributed by atoms with Crippen LogP contribution in [0.3, 0.4) is 0 Å². The van der Waals surface area contributed by atoms with Crippen molar-refractivity contribution in [1.82, 2.24) is 4.98 Å². The Hall–Kier alpha value is -0.650. The van der Waals surface area contributed by atoms with Gasteiger partial charge in [-0.05, 0) is 6.07 Å². The van der Waals surface area contributed by atoms with Gasteiger partial charge in [0.1, 0.15) is 5.69 Å². The van der Waals surface area contributed by atoms with Gasteiger partial charge in [-0.1, -0.05) is 15.9 Å². The first-order valence-electron chi connectivity index (χ1n) is 3.25. The van der Waals surface area contributed by atoms with Crippen LogP contribution >= 0.6 is 15.9 Å². The van der Waals surface area contributed by atoms with E-state index in [-0.39, 0.29) is 10.9 Å². The molecule has 0 N–H and O–H groups in total. The Morgan fingerprint density at radius 2 is 2.00 bits per heavy atom. The van der Waals surface area contributed by atoms with Crippen LogP contribution in [0, 0.1) is 11.8 Å². The molecule has 0 aliphatic carbocycles. The van der Waals surface area contributed by atoms with Gasteiger partial charge in [0, 0.05) is 10.9 Å². The molecule has 6 heteroatoms. The fourth-order valence-electron chi connectivity index (χ4n) is 0.778. The normalized spacial score (nSPS) is 10.9. The van der Waals surface area contributed by atoms with Crippen molar-refractivity contribution in [2.45, 2.75) is 11.8 Å². The first kappa shape index (κ1) is 10.4. The van der Waals surface area contributed by atoms with Crippen molar-refractivity contribution >= 4 is 15.9 Å². The van der Waals surface area contributed by atoms with Gasteiger partial charge >= 0.3 is 0 Å². The van der Waals surface area contributed by atoms with Crippen molar-refractivity contribution in [3.8, 4) is 0 Å². The lowest BCUT2D eigenvalue weighted by Crippen LogP contribution is -2.01. The molecule has 1 rings (SSSR count). The number of hydrogen-bond donors (Lipinski definition) is 0. The Bertz CT molecular complexity index is 316. The van der Waals surface area contributed by atoms with Gasteiger partial charge in [0.15, 0.2) is 5.82 Å². The summed E-state index contributed by atoms with van der Waals surface area (Å²) in [5.74, 6) is -2.69. The molecule has 1 nitrogen and oxygen atoms in total. The molecule has 0 saturated heterocycles. The zero-order valence-corrected chi connectivity index (χ0v) is 7.78. The molecule has 72 valence electrons. The van der Waals surface area contributed by atoms with E-state index in [4.69, 9.17) is 0 Å². The molecule has 13 heavy (non-hydrogen) atoms. The van der Waals surface area contributed by atoms with Crippen LogP contribution in [0.15, 0.2) is 6.07 Å². The second-order valence-electron chi connectivity index (χ2n) is 2.25. The smallest absolute Gasteiger partial charge is 0.216 e. The van der Waals surface area contributed by atoms with Crippen molar-refractivity contribution in [3.05, 3.63) is 29.1 Å². The fourth-order valence-corrected chi connectivity index (χ4v) is 1.19. The molecule has 0 amide bonds. The van der Waals surface area contributed by atoms with Gasteiger partial charge in [0.2, 0.25) is 5.95 Å². The van der Waals surface area contributed by atoms with Crippen molar-refractivity contribution in [3.63, 3.8) is 0 Å². The highest BCUT2D eigenvalue weighted by atomic mass is 79.9. The van der Waals surface area contributed by atoms with Crippen LogP contribution in [0.25, 0.3) is 0 Å². The highest BCUT2D eigenvalue weighted by Crippen LogP contribution is 2.21. The lowest BCUT2D eigenvalue weighted by atomic mass is 10.2. The van der Waals surface area contributed by atoms with E-state index in [2.05, 4.69) is 20.9 Å². The van der Waals surface area contributed by atoms with Gasteiger partial charge in [0.25, 0.3) is 6.43 Å². The molecule has 0 aromatic carbocycles. The first-order valence-corrected chi connectivity index (χ1v) is 4.37. The number of hydrogen-bond acceptors (Lipinski definition) is 1. The number of rotatable bonds is 2. The number of aromatic nitrogens is 1. The fraction of sp³-hybridized carbons (Fsp3) is 0.286. The Labute approximate surface area is 79.9 Å². The van der Waals surface area contributed by atoms with Gasteiger partial charge in [-0.2, -0.15) is 4.39 Å². The van der Waals surface area contributed by atoms with Crippen LogP contribution < -0.4 is 0 Å². The highest BCUT2D eigenvalue weighted by Gasteiger charge is 2.16. The molecule has 0 atom stereocenters. The molecule has 0 bridgehead atoms. The van der Waals surface area contributed by atoms with E-state index >= 15 is 0 Å². The number of pyridine rings is 1. The Morgan fingerprint density at radius 1 is 1.38 bits per heavy atom. The van der Waals surface area contributed by atoms with Crippen LogP contribution in [0.1, 0.15) is 17.7 Å². The zero-order valence-electron chi connectivity index (χ0n) is 6.20. The highest BCUT2D eigenvalue weighted by molar-refractivity contribution is 9.08. The van der Waals surface area contributed by atoms with E-state index in [1.807, 2.05) is 0 Å². The molecule has 0 aliphatic rings. The topological polar surface area (TPSA) is 12.9 Å². The van der Waals surface area contributed by atoms with Crippen LogP contribution in [0.5, 0.6) is 0 Å². The first-order chi connectivity index (χ1) is 6.06. The standard InChI is InChI=1S/C7H4BrF4N/c8-2-3-1-4(6(10)11)13-7(12)5(3)9/h1,6H,2H2. The predicted molar refractivity (Wildman–Crippen MR) is 41.7 cm³/mol. The summed E-state index contributed by atoms with van der Waals surface area (Å²) in [4.78, 5) is 2.77. The van der Waals surface area contributed by atoms with Crippen LogP contribution in [0.4, 0.5) is 17.6 Å². The average Bonchev–Trinajstić information content (AvgIpc) is 2.09. The molecule has 0 fully saturated rings. The van der Waals surface area contributed by atoms with E-state index in [1.54, 1.807) is 0 Å². The molecule has 1 aromatic heterocycles. The summed E-state index contributed by atoms with van der Waals surface area (Å²) in [5, 5.41) is -0.0298. The maximum absolute atomic E-state index is 12.7. The molecule has 0 unspecified atom stereocenters. The van der Waals surface area contributed by atoms with Gasteiger partial charge in [-0.3, -0.25) is 0 Å². The number of nitrogens with zero attached hydrogens (tertiary/aromatic N) is 1. The maximum Gasteiger partial charge on any atom is 0.280 e. The lowest BCUT2D eigenvalue weighted by Gasteiger charge is -2.03. The molecule has 0 aliphatic heterocycles. The minimum atomic E-state index is -2.90. The minimum absolute atomic E-state index is 0.0298. The Morgan fingerprint density at radius 3 is 2.46 bits per heavy atom. The van der Waals surface area contributed by atoms with E-state index in [0.29, 0.717) is 0 Å². The molecule has 1 aromatic rings. The summed E-state index contributed by atoms with van der Waals surface area (Å²) >= 11 is 2.85. The van der Waals surface area contributed by atoms with Gasteiger partial charge in [-0.15, -0.1) is 0 Å². The quantitative estimate of drug-likeness (QED) is 0.451. The third-order valence-electron chi connectivity index (χ3n) is 1.38. The minimum Gasteiger partial charge on any atom is -0.216 e. The molecular weight excluding hydrogens is 254 g/mol. The summed E-state index contributed by atoms with van der Waals surface area (Å²) in [6.45, 7) is 0. The summed E-state index contributed by atoms with van der Waals surface area (Å²) in [6, 6.07) is 0.831. The summed E-state index contributed by atoms with van der Waals surface area (Å²) in [5.41, 5.74) is -0.920.